The molecule has 0 fully saturated rings. The molecule has 1 atom stereocenters. The summed E-state index contributed by atoms with van der Waals surface area (Å²) in [6.45, 7) is 3.00. The summed E-state index contributed by atoms with van der Waals surface area (Å²) in [5.41, 5.74) is 3.69. The highest BCUT2D eigenvalue weighted by atomic mass is 32.1. The quantitative estimate of drug-likeness (QED) is 0.715. The van der Waals surface area contributed by atoms with E-state index in [1.165, 1.54) is 16.7 Å². The first-order chi connectivity index (χ1) is 11.3. The van der Waals surface area contributed by atoms with Crippen molar-refractivity contribution >= 4 is 11.3 Å². The van der Waals surface area contributed by atoms with Gasteiger partial charge in [0.2, 0.25) is 0 Å². The van der Waals surface area contributed by atoms with E-state index in [4.69, 9.17) is 4.74 Å². The Balaban J connectivity index is 1.64. The average Bonchev–Trinajstić information content (AvgIpc) is 3.15. The molecule has 1 N–H and O–H groups in total. The molecule has 0 saturated carbocycles. The zero-order valence-corrected chi connectivity index (χ0v) is 14.1. The monoisotopic (exact) mass is 324 g/mol. The maximum Gasteiger partial charge on any atom is 0.123 e. The molecular weight excluding hydrogens is 304 g/mol. The number of hydrogen-bond donors (Lipinski definition) is 1. The van der Waals surface area contributed by atoms with E-state index in [1.807, 2.05) is 23.7 Å². The number of aromatic nitrogens is 1. The molecular formula is C19H20N2OS. The predicted molar refractivity (Wildman–Crippen MR) is 95.8 cm³/mol. The fourth-order valence-corrected chi connectivity index (χ4v) is 3.10. The van der Waals surface area contributed by atoms with E-state index in [0.717, 1.165) is 17.3 Å². The third-order valence-electron chi connectivity index (χ3n) is 3.83. The summed E-state index contributed by atoms with van der Waals surface area (Å²) in [6.07, 6.45) is 1.84. The number of rotatable bonds is 6. The molecule has 3 aromatic rings. The largest absolute Gasteiger partial charge is 0.497 e. The molecule has 0 aliphatic carbocycles. The third kappa shape index (κ3) is 3.97. The second kappa shape index (κ2) is 7.40. The van der Waals surface area contributed by atoms with Crippen LogP contribution in [0.5, 0.6) is 5.75 Å². The van der Waals surface area contributed by atoms with Crippen molar-refractivity contribution < 1.29 is 4.74 Å². The Hall–Kier alpha value is -2.17. The Morgan fingerprint density at radius 2 is 2.00 bits per heavy atom. The molecule has 0 radical (unpaired) electrons. The van der Waals surface area contributed by atoms with Crippen molar-refractivity contribution in [1.82, 2.24) is 10.3 Å². The number of hydrogen-bond acceptors (Lipinski definition) is 4. The second-order valence-corrected chi connectivity index (χ2v) is 6.31. The second-order valence-electron chi connectivity index (χ2n) is 5.41. The summed E-state index contributed by atoms with van der Waals surface area (Å²) >= 11 is 1.67. The third-order valence-corrected chi connectivity index (χ3v) is 4.66. The van der Waals surface area contributed by atoms with E-state index in [9.17, 15) is 0 Å². The highest BCUT2D eigenvalue weighted by Crippen LogP contribution is 2.23. The van der Waals surface area contributed by atoms with Gasteiger partial charge in [0.15, 0.2) is 0 Å². The molecule has 4 heteroatoms. The first-order valence-corrected chi connectivity index (χ1v) is 8.50. The average molecular weight is 324 g/mol. The summed E-state index contributed by atoms with van der Waals surface area (Å²) in [5, 5.41) is 6.64. The highest BCUT2D eigenvalue weighted by Gasteiger charge is 2.06. The summed E-state index contributed by atoms with van der Waals surface area (Å²) in [4.78, 5) is 4.37. The van der Waals surface area contributed by atoms with Crippen molar-refractivity contribution in [2.24, 2.45) is 0 Å². The van der Waals surface area contributed by atoms with Gasteiger partial charge >= 0.3 is 0 Å². The van der Waals surface area contributed by atoms with Crippen LogP contribution in [0, 0.1) is 0 Å². The minimum absolute atomic E-state index is 0.282. The van der Waals surface area contributed by atoms with Crippen LogP contribution in [0.3, 0.4) is 0 Å². The van der Waals surface area contributed by atoms with Crippen LogP contribution in [0.4, 0.5) is 0 Å². The lowest BCUT2D eigenvalue weighted by atomic mass is 10.1. The van der Waals surface area contributed by atoms with E-state index in [0.29, 0.717) is 0 Å². The normalized spacial score (nSPS) is 12.1. The Morgan fingerprint density at radius 3 is 2.70 bits per heavy atom. The number of methoxy groups -OCH3 is 1. The van der Waals surface area contributed by atoms with Gasteiger partial charge in [0, 0.05) is 29.7 Å². The maximum absolute atomic E-state index is 5.20. The van der Waals surface area contributed by atoms with Crippen LogP contribution in [-0.4, -0.2) is 12.1 Å². The van der Waals surface area contributed by atoms with Crippen LogP contribution in [0.2, 0.25) is 0 Å². The zero-order chi connectivity index (χ0) is 16.1. The van der Waals surface area contributed by atoms with Crippen molar-refractivity contribution in [1.29, 1.82) is 0 Å². The summed E-state index contributed by atoms with van der Waals surface area (Å²) in [6, 6.07) is 17.0. The minimum Gasteiger partial charge on any atom is -0.497 e. The molecule has 0 unspecified atom stereocenters. The van der Waals surface area contributed by atoms with Crippen LogP contribution in [0.1, 0.15) is 24.1 Å². The van der Waals surface area contributed by atoms with E-state index >= 15 is 0 Å². The van der Waals surface area contributed by atoms with Crippen LogP contribution in [-0.2, 0) is 6.54 Å². The zero-order valence-electron chi connectivity index (χ0n) is 13.3. The van der Waals surface area contributed by atoms with Crippen molar-refractivity contribution in [2.75, 3.05) is 7.11 Å². The van der Waals surface area contributed by atoms with Gasteiger partial charge in [-0.3, -0.25) is 0 Å². The summed E-state index contributed by atoms with van der Waals surface area (Å²) in [5.74, 6) is 0.886. The maximum atomic E-state index is 5.20. The number of thiazole rings is 1. The lowest BCUT2D eigenvalue weighted by Gasteiger charge is -2.15. The van der Waals surface area contributed by atoms with Gasteiger partial charge in [-0.15, -0.1) is 11.3 Å². The van der Waals surface area contributed by atoms with E-state index in [2.05, 4.69) is 53.6 Å². The number of benzene rings is 2. The van der Waals surface area contributed by atoms with Crippen molar-refractivity contribution in [2.45, 2.75) is 19.5 Å². The Bertz CT molecular complexity index is 738. The smallest absolute Gasteiger partial charge is 0.123 e. The predicted octanol–water partition coefficient (Wildman–Crippen LogP) is 4.67. The van der Waals surface area contributed by atoms with Gasteiger partial charge in [0.1, 0.15) is 10.8 Å². The van der Waals surface area contributed by atoms with Crippen molar-refractivity contribution in [3.63, 3.8) is 0 Å². The van der Waals surface area contributed by atoms with Crippen LogP contribution in [0.25, 0.3) is 10.6 Å². The highest BCUT2D eigenvalue weighted by molar-refractivity contribution is 7.13. The van der Waals surface area contributed by atoms with E-state index in [-0.39, 0.29) is 6.04 Å². The van der Waals surface area contributed by atoms with Gasteiger partial charge < -0.3 is 10.1 Å². The fourth-order valence-electron chi connectivity index (χ4n) is 2.46. The minimum atomic E-state index is 0.282. The Labute approximate surface area is 141 Å². The number of nitrogens with zero attached hydrogens (tertiary/aromatic N) is 1. The molecule has 3 rings (SSSR count). The number of ether oxygens (including phenoxy) is 1. The molecule has 0 aliphatic heterocycles. The molecule has 23 heavy (non-hydrogen) atoms. The van der Waals surface area contributed by atoms with Crippen LogP contribution >= 0.6 is 11.3 Å². The van der Waals surface area contributed by atoms with Gasteiger partial charge in [-0.05, 0) is 36.2 Å². The van der Waals surface area contributed by atoms with Gasteiger partial charge in [0.25, 0.3) is 0 Å². The van der Waals surface area contributed by atoms with Gasteiger partial charge in [-0.2, -0.15) is 0 Å². The van der Waals surface area contributed by atoms with Gasteiger partial charge in [-0.1, -0.05) is 30.3 Å². The van der Waals surface area contributed by atoms with Crippen LogP contribution < -0.4 is 10.1 Å². The molecule has 118 valence electrons. The molecule has 0 saturated heterocycles. The molecule has 0 spiro atoms. The van der Waals surface area contributed by atoms with Gasteiger partial charge in [-0.25, -0.2) is 4.98 Å². The lowest BCUT2D eigenvalue weighted by Crippen LogP contribution is -2.18. The SMILES string of the molecule is COc1ccc([C@@H](C)NCc2cccc(-c3nccs3)c2)cc1. The first-order valence-electron chi connectivity index (χ1n) is 7.62. The molecule has 0 amide bonds. The van der Waals surface area contributed by atoms with E-state index < -0.39 is 0 Å². The van der Waals surface area contributed by atoms with Crippen molar-refractivity contribution in [3.8, 4) is 16.3 Å². The topological polar surface area (TPSA) is 34.1 Å². The molecule has 3 nitrogen and oxygen atoms in total. The lowest BCUT2D eigenvalue weighted by molar-refractivity contribution is 0.414. The van der Waals surface area contributed by atoms with E-state index in [1.54, 1.807) is 18.4 Å². The number of nitrogens with one attached hydrogen (secondary N) is 1. The summed E-state index contributed by atoms with van der Waals surface area (Å²) in [7, 11) is 1.69. The van der Waals surface area contributed by atoms with Crippen molar-refractivity contribution in [3.05, 3.63) is 71.2 Å². The molecule has 0 bridgehead atoms. The first kappa shape index (κ1) is 15.7. The molecule has 0 aliphatic rings. The summed E-state index contributed by atoms with van der Waals surface area (Å²) < 4.78 is 5.20. The fraction of sp³-hybridized carbons (Fsp3) is 0.211. The molecule has 1 heterocycles. The Morgan fingerprint density at radius 1 is 1.17 bits per heavy atom. The Kier molecular flexibility index (Phi) is 5.05. The molecule has 1 aromatic heterocycles. The standard InChI is InChI=1S/C19H20N2OS/c1-14(16-6-8-18(22-2)9-7-16)21-13-15-4-3-5-17(12-15)19-20-10-11-23-19/h3-12,14,21H,13H2,1-2H3/t14-/m1/s1. The van der Waals surface area contributed by atoms with Crippen LogP contribution in [0.15, 0.2) is 60.1 Å². The van der Waals surface area contributed by atoms with Gasteiger partial charge in [0.05, 0.1) is 7.11 Å². The molecule has 2 aromatic carbocycles.